The maximum absolute atomic E-state index is 11.9. The Morgan fingerprint density at radius 3 is 3.00 bits per heavy atom. The maximum Gasteiger partial charge on any atom is 0.339 e. The molecule has 0 spiro atoms. The molecule has 1 aliphatic heterocycles. The van der Waals surface area contributed by atoms with Gasteiger partial charge in [-0.25, -0.2) is 4.79 Å². The Bertz CT molecular complexity index is 593. The van der Waals surface area contributed by atoms with Crippen molar-refractivity contribution in [2.24, 2.45) is 4.99 Å². The summed E-state index contributed by atoms with van der Waals surface area (Å²) in [4.78, 5) is 27.6. The number of carbonyl (C=O) groups is 2. The predicted octanol–water partition coefficient (Wildman–Crippen LogP) is 2.90. The van der Waals surface area contributed by atoms with Crippen molar-refractivity contribution in [3.8, 4) is 0 Å². The van der Waals surface area contributed by atoms with Crippen LogP contribution in [0.25, 0.3) is 0 Å². The molecular weight excluding hydrogens is 332 g/mol. The summed E-state index contributed by atoms with van der Waals surface area (Å²) in [7, 11) is 1.28. The Morgan fingerprint density at radius 2 is 2.33 bits per heavy atom. The van der Waals surface area contributed by atoms with Gasteiger partial charge in [-0.1, -0.05) is 35.1 Å². The van der Waals surface area contributed by atoms with Crippen LogP contribution in [0.4, 0.5) is 5.69 Å². The predicted molar refractivity (Wildman–Crippen MR) is 88.6 cm³/mol. The van der Waals surface area contributed by atoms with Crippen LogP contribution in [0.3, 0.4) is 0 Å². The molecule has 1 aromatic carbocycles. The van der Waals surface area contributed by atoms with E-state index in [1.807, 2.05) is 0 Å². The SMILES string of the molecule is COC(=O)c1cc(NC(=O)CSC2=NCCS2)ccc1Cl. The summed E-state index contributed by atoms with van der Waals surface area (Å²) in [6.07, 6.45) is 0. The van der Waals surface area contributed by atoms with Crippen molar-refractivity contribution < 1.29 is 14.3 Å². The molecule has 112 valence electrons. The number of ether oxygens (including phenoxy) is 1. The Morgan fingerprint density at radius 1 is 1.52 bits per heavy atom. The van der Waals surface area contributed by atoms with E-state index in [0.29, 0.717) is 5.69 Å². The number of hydrogen-bond acceptors (Lipinski definition) is 6. The monoisotopic (exact) mass is 344 g/mol. The lowest BCUT2D eigenvalue weighted by atomic mass is 10.2. The second-order valence-electron chi connectivity index (χ2n) is 4.02. The molecule has 1 heterocycles. The van der Waals surface area contributed by atoms with Gasteiger partial charge in [0.05, 0.1) is 30.0 Å². The van der Waals surface area contributed by atoms with E-state index in [1.165, 1.54) is 24.9 Å². The van der Waals surface area contributed by atoms with Crippen molar-refractivity contribution in [1.82, 2.24) is 0 Å². The molecule has 0 aliphatic carbocycles. The molecule has 1 aliphatic rings. The number of anilines is 1. The molecule has 0 bridgehead atoms. The lowest BCUT2D eigenvalue weighted by Gasteiger charge is -2.08. The zero-order valence-corrected chi connectivity index (χ0v) is 13.6. The molecule has 0 radical (unpaired) electrons. The van der Waals surface area contributed by atoms with Gasteiger partial charge in [0.1, 0.15) is 4.38 Å². The maximum atomic E-state index is 11.9. The minimum Gasteiger partial charge on any atom is -0.465 e. The van der Waals surface area contributed by atoms with Gasteiger partial charge in [0.25, 0.3) is 0 Å². The Hall–Kier alpha value is -1.18. The van der Waals surface area contributed by atoms with Crippen LogP contribution >= 0.6 is 35.1 Å². The largest absolute Gasteiger partial charge is 0.465 e. The number of halogens is 1. The summed E-state index contributed by atoms with van der Waals surface area (Å²) in [5.41, 5.74) is 0.728. The van der Waals surface area contributed by atoms with E-state index in [2.05, 4.69) is 15.0 Å². The van der Waals surface area contributed by atoms with E-state index in [9.17, 15) is 9.59 Å². The summed E-state index contributed by atoms with van der Waals surface area (Å²) in [5, 5.41) is 3.01. The number of amides is 1. The van der Waals surface area contributed by atoms with Gasteiger partial charge >= 0.3 is 5.97 Å². The van der Waals surface area contributed by atoms with E-state index in [0.717, 1.165) is 16.7 Å². The highest BCUT2D eigenvalue weighted by molar-refractivity contribution is 8.39. The summed E-state index contributed by atoms with van der Waals surface area (Å²) >= 11 is 8.99. The Kier molecular flexibility index (Phi) is 5.96. The third-order valence-electron chi connectivity index (χ3n) is 2.54. The number of methoxy groups -OCH3 is 1. The normalized spacial score (nSPS) is 13.7. The van der Waals surface area contributed by atoms with E-state index in [-0.39, 0.29) is 22.2 Å². The number of aliphatic imine (C=N–C) groups is 1. The second-order valence-corrected chi connectivity index (χ2v) is 6.73. The van der Waals surface area contributed by atoms with Crippen molar-refractivity contribution in [3.05, 3.63) is 28.8 Å². The standard InChI is InChI=1S/C13H13ClN2O3S2/c1-19-12(18)9-6-8(2-3-10(9)14)16-11(17)7-21-13-15-4-5-20-13/h2-3,6H,4-5,7H2,1H3,(H,16,17). The average molecular weight is 345 g/mol. The van der Waals surface area contributed by atoms with Crippen molar-refractivity contribution in [2.75, 3.05) is 30.5 Å². The number of carbonyl (C=O) groups excluding carboxylic acids is 2. The van der Waals surface area contributed by atoms with E-state index in [4.69, 9.17) is 11.6 Å². The summed E-state index contributed by atoms with van der Waals surface area (Å²) in [5.74, 6) is 0.557. The molecule has 5 nitrogen and oxygen atoms in total. The van der Waals surface area contributed by atoms with Crippen LogP contribution in [0, 0.1) is 0 Å². The molecule has 8 heteroatoms. The average Bonchev–Trinajstić information content (AvgIpc) is 2.99. The van der Waals surface area contributed by atoms with Gasteiger partial charge in [-0.2, -0.15) is 0 Å². The molecule has 1 amide bonds. The highest BCUT2D eigenvalue weighted by Crippen LogP contribution is 2.23. The van der Waals surface area contributed by atoms with E-state index < -0.39 is 5.97 Å². The van der Waals surface area contributed by atoms with Crippen LogP contribution in [0.1, 0.15) is 10.4 Å². The first kappa shape index (κ1) is 16.2. The molecular formula is C13H13ClN2O3S2. The molecule has 0 saturated carbocycles. The van der Waals surface area contributed by atoms with Crippen LogP contribution < -0.4 is 5.32 Å². The lowest BCUT2D eigenvalue weighted by Crippen LogP contribution is -2.15. The van der Waals surface area contributed by atoms with Gasteiger partial charge in [0.2, 0.25) is 5.91 Å². The molecule has 0 aromatic heterocycles. The minimum absolute atomic E-state index is 0.159. The molecule has 0 fully saturated rings. The third kappa shape index (κ3) is 4.66. The Labute approximate surface area is 135 Å². The highest BCUT2D eigenvalue weighted by atomic mass is 35.5. The Balaban J connectivity index is 1.95. The van der Waals surface area contributed by atoms with Crippen LogP contribution in [0.2, 0.25) is 5.02 Å². The number of thioether (sulfide) groups is 2. The summed E-state index contributed by atoms with van der Waals surface area (Å²) in [6.45, 7) is 0.814. The van der Waals surface area contributed by atoms with Crippen molar-refractivity contribution in [3.63, 3.8) is 0 Å². The number of rotatable bonds is 4. The number of benzene rings is 1. The smallest absolute Gasteiger partial charge is 0.339 e. The van der Waals surface area contributed by atoms with Crippen LogP contribution in [-0.4, -0.2) is 41.4 Å². The molecule has 0 atom stereocenters. The molecule has 21 heavy (non-hydrogen) atoms. The van der Waals surface area contributed by atoms with Crippen molar-refractivity contribution >= 4 is 57.1 Å². The topological polar surface area (TPSA) is 67.8 Å². The van der Waals surface area contributed by atoms with E-state index >= 15 is 0 Å². The fourth-order valence-electron chi connectivity index (χ4n) is 1.60. The summed E-state index contributed by atoms with van der Waals surface area (Å²) in [6, 6.07) is 4.69. The van der Waals surface area contributed by atoms with Gasteiger partial charge in [0, 0.05) is 11.4 Å². The summed E-state index contributed by atoms with van der Waals surface area (Å²) < 4.78 is 5.57. The third-order valence-corrected chi connectivity index (χ3v) is 5.12. The van der Waals surface area contributed by atoms with Gasteiger partial charge < -0.3 is 10.1 Å². The quantitative estimate of drug-likeness (QED) is 0.851. The van der Waals surface area contributed by atoms with E-state index in [1.54, 1.807) is 23.9 Å². The van der Waals surface area contributed by atoms with Gasteiger partial charge in [-0.15, -0.1) is 0 Å². The van der Waals surface area contributed by atoms with Crippen molar-refractivity contribution in [1.29, 1.82) is 0 Å². The number of hydrogen-bond donors (Lipinski definition) is 1. The van der Waals surface area contributed by atoms with Gasteiger partial charge in [-0.05, 0) is 18.2 Å². The zero-order valence-electron chi connectivity index (χ0n) is 11.2. The molecule has 0 saturated heterocycles. The van der Waals surface area contributed by atoms with Crippen LogP contribution in [0.15, 0.2) is 23.2 Å². The van der Waals surface area contributed by atoms with Gasteiger partial charge in [0.15, 0.2) is 0 Å². The fourth-order valence-corrected chi connectivity index (χ4v) is 3.60. The number of nitrogens with zero attached hydrogens (tertiary/aromatic N) is 1. The minimum atomic E-state index is -0.540. The first-order chi connectivity index (χ1) is 10.1. The molecule has 0 unspecified atom stereocenters. The first-order valence-corrected chi connectivity index (χ1v) is 8.43. The second kappa shape index (κ2) is 7.72. The molecule has 1 N–H and O–H groups in total. The van der Waals surface area contributed by atoms with Crippen LogP contribution in [-0.2, 0) is 9.53 Å². The fraction of sp³-hybridized carbons (Fsp3) is 0.308. The number of nitrogens with one attached hydrogen (secondary N) is 1. The lowest BCUT2D eigenvalue weighted by molar-refractivity contribution is -0.113. The van der Waals surface area contributed by atoms with Crippen LogP contribution in [0.5, 0.6) is 0 Å². The molecule has 1 aromatic rings. The van der Waals surface area contributed by atoms with Gasteiger partial charge in [-0.3, -0.25) is 9.79 Å². The zero-order chi connectivity index (χ0) is 15.2. The highest BCUT2D eigenvalue weighted by Gasteiger charge is 2.14. The number of esters is 1. The first-order valence-electron chi connectivity index (χ1n) is 6.08. The molecule has 2 rings (SSSR count). The van der Waals surface area contributed by atoms with Crippen molar-refractivity contribution in [2.45, 2.75) is 0 Å².